The average molecular weight is 406 g/mol. The smallest absolute Gasteiger partial charge is 0.333 e. The fourth-order valence-corrected chi connectivity index (χ4v) is 2.58. The first-order valence-corrected chi connectivity index (χ1v) is 9.42. The number of carbonyl (C=O) groups is 1. The van der Waals surface area contributed by atoms with Gasteiger partial charge in [0.1, 0.15) is 24.7 Å². The van der Waals surface area contributed by atoms with Crippen LogP contribution in [0.15, 0.2) is 53.7 Å². The van der Waals surface area contributed by atoms with E-state index in [0.717, 1.165) is 11.1 Å². The van der Waals surface area contributed by atoms with Gasteiger partial charge < -0.3 is 19.4 Å². The number of aliphatic carboxylic acids is 1. The van der Waals surface area contributed by atoms with Crippen LogP contribution >= 0.6 is 11.6 Å². The fourth-order valence-electron chi connectivity index (χ4n) is 2.45. The number of ether oxygens (including phenoxy) is 2. The summed E-state index contributed by atoms with van der Waals surface area (Å²) in [5, 5.41) is 13.9. The molecule has 0 aliphatic carbocycles. The summed E-state index contributed by atoms with van der Waals surface area (Å²) in [6.45, 7) is 4.66. The highest BCUT2D eigenvalue weighted by Gasteiger charge is 2.17. The molecule has 1 atom stereocenters. The Hall–Kier alpha value is -2.57. The number of carboxylic acids is 1. The molecular weight excluding hydrogens is 382 g/mol. The Morgan fingerprint density at radius 3 is 2.32 bits per heavy atom. The molecule has 0 saturated heterocycles. The maximum Gasteiger partial charge on any atom is 0.333 e. The predicted octanol–water partition coefficient (Wildman–Crippen LogP) is 4.19. The third-order valence-electron chi connectivity index (χ3n) is 3.84. The van der Waals surface area contributed by atoms with Gasteiger partial charge in [0, 0.05) is 23.6 Å². The molecule has 7 heteroatoms. The first-order valence-electron chi connectivity index (χ1n) is 9.04. The number of hydrogen-bond donors (Lipinski definition) is 1. The van der Waals surface area contributed by atoms with Crippen molar-refractivity contribution in [3.05, 3.63) is 64.7 Å². The molecule has 0 spiro atoms. The molecule has 0 aromatic heterocycles. The summed E-state index contributed by atoms with van der Waals surface area (Å²) in [7, 11) is 0. The number of hydrogen-bond acceptors (Lipinski definition) is 5. The van der Waals surface area contributed by atoms with Gasteiger partial charge in [0.25, 0.3) is 0 Å². The Bertz CT molecular complexity index is 774. The van der Waals surface area contributed by atoms with E-state index in [1.54, 1.807) is 31.2 Å². The highest BCUT2D eigenvalue weighted by molar-refractivity contribution is 6.30. The number of carboxylic acid groups (broad SMARTS) is 1. The van der Waals surface area contributed by atoms with Crippen molar-refractivity contribution < 1.29 is 24.2 Å². The summed E-state index contributed by atoms with van der Waals surface area (Å²) in [6.07, 6.45) is -0.558. The quantitative estimate of drug-likeness (QED) is 0.448. The largest absolute Gasteiger partial charge is 0.487 e. The fraction of sp³-hybridized carbons (Fsp3) is 0.333. The Morgan fingerprint density at radius 1 is 1.07 bits per heavy atom. The summed E-state index contributed by atoms with van der Waals surface area (Å²) < 4.78 is 11.1. The van der Waals surface area contributed by atoms with E-state index < -0.39 is 12.1 Å². The molecule has 0 saturated carbocycles. The van der Waals surface area contributed by atoms with Crippen molar-refractivity contribution in [2.75, 3.05) is 19.8 Å². The lowest BCUT2D eigenvalue weighted by atomic mass is 10.1. The monoisotopic (exact) mass is 405 g/mol. The van der Waals surface area contributed by atoms with Gasteiger partial charge in [-0.3, -0.25) is 0 Å². The van der Waals surface area contributed by atoms with E-state index in [1.807, 2.05) is 31.2 Å². The number of benzene rings is 2. The van der Waals surface area contributed by atoms with Gasteiger partial charge in [0.05, 0.1) is 0 Å². The molecule has 1 N–H and O–H groups in total. The lowest BCUT2D eigenvalue weighted by Crippen LogP contribution is -2.26. The second-order valence-corrected chi connectivity index (χ2v) is 6.32. The predicted molar refractivity (Wildman–Crippen MR) is 108 cm³/mol. The number of rotatable bonds is 11. The van der Waals surface area contributed by atoms with Gasteiger partial charge in [-0.2, -0.15) is 0 Å². The molecule has 0 amide bonds. The molecule has 0 aliphatic rings. The summed E-state index contributed by atoms with van der Waals surface area (Å²) >= 11 is 5.94. The van der Waals surface area contributed by atoms with E-state index in [0.29, 0.717) is 36.1 Å². The van der Waals surface area contributed by atoms with E-state index in [1.165, 1.54) is 0 Å². The maximum atomic E-state index is 11.2. The third kappa shape index (κ3) is 6.87. The second kappa shape index (κ2) is 11.3. The van der Waals surface area contributed by atoms with Crippen LogP contribution in [-0.2, 0) is 20.8 Å². The zero-order valence-corrected chi connectivity index (χ0v) is 16.7. The molecule has 0 fully saturated rings. The molecule has 1 unspecified atom stereocenters. The van der Waals surface area contributed by atoms with Crippen LogP contribution in [0.1, 0.15) is 25.0 Å². The van der Waals surface area contributed by atoms with E-state index in [-0.39, 0.29) is 6.61 Å². The van der Waals surface area contributed by atoms with E-state index in [4.69, 9.17) is 25.9 Å². The van der Waals surface area contributed by atoms with Crippen LogP contribution in [0.3, 0.4) is 0 Å². The van der Waals surface area contributed by atoms with Crippen LogP contribution in [0.5, 0.6) is 5.75 Å². The molecule has 2 aromatic carbocycles. The normalized spacial score (nSPS) is 12.5. The zero-order chi connectivity index (χ0) is 20.4. The Balaban J connectivity index is 2.01. The van der Waals surface area contributed by atoms with E-state index in [2.05, 4.69) is 5.16 Å². The standard InChI is InChI=1S/C21H24ClNO5/c1-3-26-20(21(24)25)13-15-5-11-18(12-6-15)27-14-19(23-28-4-2)16-7-9-17(22)10-8-16/h5-12,20H,3-4,13-14H2,1-2H3,(H,24,25). The Labute approximate surface area is 169 Å². The molecule has 0 heterocycles. The van der Waals surface area contributed by atoms with Crippen LogP contribution in [0.2, 0.25) is 5.02 Å². The molecule has 2 aromatic rings. The van der Waals surface area contributed by atoms with Crippen molar-refractivity contribution >= 4 is 23.3 Å². The summed E-state index contributed by atoms with van der Waals surface area (Å²) in [5.74, 6) is -0.327. The summed E-state index contributed by atoms with van der Waals surface area (Å²) in [6, 6.07) is 14.5. The topological polar surface area (TPSA) is 77.3 Å². The van der Waals surface area contributed by atoms with Crippen LogP contribution in [0, 0.1) is 0 Å². The molecule has 2 rings (SSSR count). The molecule has 0 radical (unpaired) electrons. The summed E-state index contributed by atoms with van der Waals surface area (Å²) in [5.41, 5.74) is 2.36. The first kappa shape index (κ1) is 21.7. The molecule has 150 valence electrons. The van der Waals surface area contributed by atoms with Crippen molar-refractivity contribution in [3.8, 4) is 5.75 Å². The highest BCUT2D eigenvalue weighted by Crippen LogP contribution is 2.16. The maximum absolute atomic E-state index is 11.2. The zero-order valence-electron chi connectivity index (χ0n) is 15.9. The molecule has 0 bridgehead atoms. The minimum atomic E-state index is -0.970. The first-order chi connectivity index (χ1) is 13.5. The van der Waals surface area contributed by atoms with Gasteiger partial charge in [-0.05, 0) is 43.7 Å². The SMILES string of the molecule is CCON=C(COc1ccc(CC(OCC)C(=O)O)cc1)c1ccc(Cl)cc1. The van der Waals surface area contributed by atoms with E-state index >= 15 is 0 Å². The number of nitrogens with zero attached hydrogens (tertiary/aromatic N) is 1. The van der Waals surface area contributed by atoms with Gasteiger partial charge in [0.2, 0.25) is 0 Å². The molecule has 6 nitrogen and oxygen atoms in total. The Kier molecular flexibility index (Phi) is 8.78. The van der Waals surface area contributed by atoms with Crippen molar-refractivity contribution in [3.63, 3.8) is 0 Å². The van der Waals surface area contributed by atoms with E-state index in [9.17, 15) is 9.90 Å². The van der Waals surface area contributed by atoms with Gasteiger partial charge in [-0.25, -0.2) is 4.79 Å². The van der Waals surface area contributed by atoms with Gasteiger partial charge in [0.15, 0.2) is 6.10 Å². The number of halogens is 1. The molecular formula is C21H24ClNO5. The van der Waals surface area contributed by atoms with Gasteiger partial charge in [-0.15, -0.1) is 0 Å². The van der Waals surface area contributed by atoms with Crippen molar-refractivity contribution in [1.82, 2.24) is 0 Å². The van der Waals surface area contributed by atoms with Gasteiger partial charge >= 0.3 is 5.97 Å². The lowest BCUT2D eigenvalue weighted by Gasteiger charge is -2.13. The van der Waals surface area contributed by atoms with Crippen molar-refractivity contribution in [2.24, 2.45) is 5.16 Å². The Morgan fingerprint density at radius 2 is 1.75 bits per heavy atom. The van der Waals surface area contributed by atoms with Gasteiger partial charge in [-0.1, -0.05) is 41.0 Å². The van der Waals surface area contributed by atoms with Crippen LogP contribution in [0.4, 0.5) is 0 Å². The second-order valence-electron chi connectivity index (χ2n) is 5.88. The average Bonchev–Trinajstić information content (AvgIpc) is 2.69. The summed E-state index contributed by atoms with van der Waals surface area (Å²) in [4.78, 5) is 16.4. The minimum Gasteiger partial charge on any atom is -0.487 e. The van der Waals surface area contributed by atoms with Crippen molar-refractivity contribution in [2.45, 2.75) is 26.4 Å². The molecule has 28 heavy (non-hydrogen) atoms. The van der Waals surface area contributed by atoms with Crippen LogP contribution in [0.25, 0.3) is 0 Å². The number of oxime groups is 1. The van der Waals surface area contributed by atoms with Crippen molar-refractivity contribution in [1.29, 1.82) is 0 Å². The third-order valence-corrected chi connectivity index (χ3v) is 4.10. The highest BCUT2D eigenvalue weighted by atomic mass is 35.5. The van der Waals surface area contributed by atoms with Crippen LogP contribution in [-0.4, -0.2) is 42.7 Å². The lowest BCUT2D eigenvalue weighted by molar-refractivity contribution is -0.149. The molecule has 0 aliphatic heterocycles. The minimum absolute atomic E-state index is 0.220. The van der Waals surface area contributed by atoms with Crippen LogP contribution < -0.4 is 4.74 Å².